The second-order valence-electron chi connectivity index (χ2n) is 5.56. The van der Waals surface area contributed by atoms with Crippen LogP contribution in [0.2, 0.25) is 0 Å². The minimum atomic E-state index is -4.58. The highest BCUT2D eigenvalue weighted by Gasteiger charge is 2.41. The molecule has 2 N–H and O–H groups in total. The van der Waals surface area contributed by atoms with Gasteiger partial charge in [0.1, 0.15) is 11.8 Å². The van der Waals surface area contributed by atoms with Crippen LogP contribution >= 0.6 is 0 Å². The van der Waals surface area contributed by atoms with Gasteiger partial charge in [0.05, 0.1) is 24.9 Å². The molecule has 118 valence electrons. The van der Waals surface area contributed by atoms with Crippen molar-refractivity contribution < 1.29 is 22.6 Å². The van der Waals surface area contributed by atoms with Gasteiger partial charge >= 0.3 is 6.36 Å². The van der Waals surface area contributed by atoms with Crippen molar-refractivity contribution in [2.45, 2.75) is 56.3 Å². The number of halogens is 3. The standard InChI is InChI=1S/C12H17F3N4O2/c13-12(14,15)21-9-3-8(4-9)19-17-5-10(18-19)11-2-1-7(16)6-20-11/h5,7-9,11H,1-4,6,16H2/t7-,8?,9?,11+/m1/s1. The number of hydrogen-bond donors (Lipinski definition) is 1. The Morgan fingerprint density at radius 3 is 2.71 bits per heavy atom. The van der Waals surface area contributed by atoms with Gasteiger partial charge in [-0.2, -0.15) is 15.0 Å². The molecule has 0 spiro atoms. The number of alkyl halides is 3. The highest BCUT2D eigenvalue weighted by molar-refractivity contribution is 5.00. The molecule has 0 radical (unpaired) electrons. The van der Waals surface area contributed by atoms with Crippen LogP contribution in [-0.4, -0.2) is 40.1 Å². The van der Waals surface area contributed by atoms with Crippen molar-refractivity contribution in [1.82, 2.24) is 15.0 Å². The molecule has 1 aromatic heterocycles. The second kappa shape index (κ2) is 5.54. The summed E-state index contributed by atoms with van der Waals surface area (Å²) in [6.07, 6.45) is -1.71. The fraction of sp³-hybridized carbons (Fsp3) is 0.833. The van der Waals surface area contributed by atoms with Crippen LogP contribution in [0.1, 0.15) is 43.5 Å². The summed E-state index contributed by atoms with van der Waals surface area (Å²) >= 11 is 0. The van der Waals surface area contributed by atoms with E-state index in [9.17, 15) is 13.2 Å². The summed E-state index contributed by atoms with van der Waals surface area (Å²) in [6.45, 7) is 0.489. The van der Waals surface area contributed by atoms with Gasteiger partial charge in [0.15, 0.2) is 0 Å². The second-order valence-corrected chi connectivity index (χ2v) is 5.56. The van der Waals surface area contributed by atoms with Crippen LogP contribution in [0.5, 0.6) is 0 Å². The monoisotopic (exact) mass is 306 g/mol. The zero-order valence-electron chi connectivity index (χ0n) is 11.3. The molecule has 1 saturated heterocycles. The highest BCUT2D eigenvalue weighted by Crippen LogP contribution is 2.37. The molecule has 1 aromatic rings. The third-order valence-corrected chi connectivity index (χ3v) is 3.86. The first-order valence-corrected chi connectivity index (χ1v) is 6.94. The number of nitrogens with zero attached hydrogens (tertiary/aromatic N) is 3. The van der Waals surface area contributed by atoms with Gasteiger partial charge in [-0.05, 0) is 25.7 Å². The van der Waals surface area contributed by atoms with Crippen molar-refractivity contribution in [2.75, 3.05) is 6.61 Å². The number of nitrogens with two attached hydrogens (primary N) is 1. The maximum Gasteiger partial charge on any atom is 0.522 e. The molecule has 0 amide bonds. The average molecular weight is 306 g/mol. The zero-order valence-corrected chi connectivity index (χ0v) is 11.3. The number of hydrogen-bond acceptors (Lipinski definition) is 5. The Kier molecular flexibility index (Phi) is 3.89. The summed E-state index contributed by atoms with van der Waals surface area (Å²) in [6, 6.07) is -0.0832. The minimum absolute atomic E-state index is 0.0585. The first-order chi connectivity index (χ1) is 9.90. The molecular formula is C12H17F3N4O2. The van der Waals surface area contributed by atoms with Gasteiger partial charge in [0.25, 0.3) is 0 Å². The molecule has 1 aliphatic heterocycles. The average Bonchev–Trinajstić information content (AvgIpc) is 2.82. The van der Waals surface area contributed by atoms with Crippen LogP contribution in [0.25, 0.3) is 0 Å². The normalized spacial score (nSPS) is 33.7. The first-order valence-electron chi connectivity index (χ1n) is 6.94. The topological polar surface area (TPSA) is 75.2 Å². The van der Waals surface area contributed by atoms with Crippen molar-refractivity contribution in [3.63, 3.8) is 0 Å². The van der Waals surface area contributed by atoms with E-state index in [2.05, 4.69) is 14.9 Å². The Bertz CT molecular complexity index is 479. The Morgan fingerprint density at radius 2 is 2.10 bits per heavy atom. The molecule has 21 heavy (non-hydrogen) atoms. The Balaban J connectivity index is 1.52. The predicted octanol–water partition coefficient (Wildman–Crippen LogP) is 1.70. The molecule has 2 aliphatic rings. The minimum Gasteiger partial charge on any atom is -0.370 e. The Morgan fingerprint density at radius 1 is 1.33 bits per heavy atom. The lowest BCUT2D eigenvalue weighted by Gasteiger charge is -2.34. The summed E-state index contributed by atoms with van der Waals surface area (Å²) in [7, 11) is 0. The van der Waals surface area contributed by atoms with Crippen LogP contribution in [0, 0.1) is 0 Å². The van der Waals surface area contributed by atoms with Crippen molar-refractivity contribution in [1.29, 1.82) is 0 Å². The highest BCUT2D eigenvalue weighted by atomic mass is 19.4. The quantitative estimate of drug-likeness (QED) is 0.920. The maximum atomic E-state index is 12.0. The van der Waals surface area contributed by atoms with Crippen molar-refractivity contribution in [2.24, 2.45) is 5.73 Å². The van der Waals surface area contributed by atoms with Gasteiger partial charge in [-0.15, -0.1) is 13.2 Å². The van der Waals surface area contributed by atoms with Crippen molar-refractivity contribution >= 4 is 0 Å². The van der Waals surface area contributed by atoms with Gasteiger partial charge in [-0.1, -0.05) is 0 Å². The van der Waals surface area contributed by atoms with Gasteiger partial charge in [-0.3, -0.25) is 4.74 Å². The molecule has 0 bridgehead atoms. The van der Waals surface area contributed by atoms with E-state index in [1.54, 1.807) is 6.20 Å². The van der Waals surface area contributed by atoms with Crippen molar-refractivity contribution in [3.05, 3.63) is 11.9 Å². The third kappa shape index (κ3) is 3.53. The fourth-order valence-corrected chi connectivity index (χ4v) is 2.63. The van der Waals surface area contributed by atoms with Gasteiger partial charge in [0, 0.05) is 6.04 Å². The zero-order chi connectivity index (χ0) is 15.0. The first kappa shape index (κ1) is 14.7. The number of ether oxygens (including phenoxy) is 2. The van der Waals surface area contributed by atoms with Gasteiger partial charge < -0.3 is 10.5 Å². The molecule has 2 atom stereocenters. The number of rotatable bonds is 3. The lowest BCUT2D eigenvalue weighted by Crippen LogP contribution is -2.38. The van der Waals surface area contributed by atoms with Crippen LogP contribution in [0.4, 0.5) is 13.2 Å². The van der Waals surface area contributed by atoms with Gasteiger partial charge in [0.2, 0.25) is 0 Å². The largest absolute Gasteiger partial charge is 0.522 e. The van der Waals surface area contributed by atoms with Crippen LogP contribution in [0.15, 0.2) is 6.20 Å². The van der Waals surface area contributed by atoms with E-state index in [0.29, 0.717) is 12.3 Å². The van der Waals surface area contributed by atoms with E-state index >= 15 is 0 Å². The summed E-state index contributed by atoms with van der Waals surface area (Å²) in [5.41, 5.74) is 6.46. The van der Waals surface area contributed by atoms with E-state index in [4.69, 9.17) is 10.5 Å². The SMILES string of the molecule is N[C@@H]1CC[C@@H](c2cnn(C3CC(OC(F)(F)F)C3)n2)OC1. The summed E-state index contributed by atoms with van der Waals surface area (Å²) < 4.78 is 45.7. The molecule has 9 heteroatoms. The molecule has 0 aromatic carbocycles. The van der Waals surface area contributed by atoms with Crippen LogP contribution in [-0.2, 0) is 9.47 Å². The molecule has 3 rings (SSSR count). The number of aromatic nitrogens is 3. The molecule has 2 heterocycles. The molecule has 1 saturated carbocycles. The summed E-state index contributed by atoms with van der Waals surface area (Å²) in [5.74, 6) is 0. The van der Waals surface area contributed by atoms with E-state index < -0.39 is 12.5 Å². The lowest BCUT2D eigenvalue weighted by atomic mass is 9.90. The van der Waals surface area contributed by atoms with E-state index in [0.717, 1.165) is 12.8 Å². The van der Waals surface area contributed by atoms with Crippen LogP contribution in [0.3, 0.4) is 0 Å². The maximum absolute atomic E-state index is 12.0. The molecular weight excluding hydrogens is 289 g/mol. The molecule has 0 unspecified atom stereocenters. The van der Waals surface area contributed by atoms with Gasteiger partial charge in [-0.25, -0.2) is 0 Å². The van der Waals surface area contributed by atoms with E-state index in [1.807, 2.05) is 0 Å². The third-order valence-electron chi connectivity index (χ3n) is 3.86. The molecule has 2 fully saturated rings. The summed E-state index contributed by atoms with van der Waals surface area (Å²) in [5, 5.41) is 8.44. The Hall–Kier alpha value is -1.19. The fourth-order valence-electron chi connectivity index (χ4n) is 2.63. The van der Waals surface area contributed by atoms with E-state index in [1.165, 1.54) is 4.80 Å². The smallest absolute Gasteiger partial charge is 0.370 e. The summed E-state index contributed by atoms with van der Waals surface area (Å²) in [4.78, 5) is 1.46. The Labute approximate surface area is 119 Å². The van der Waals surface area contributed by atoms with Crippen molar-refractivity contribution in [3.8, 4) is 0 Å². The predicted molar refractivity (Wildman–Crippen MR) is 65.1 cm³/mol. The molecule has 6 nitrogen and oxygen atoms in total. The van der Waals surface area contributed by atoms with Crippen LogP contribution < -0.4 is 5.73 Å². The van der Waals surface area contributed by atoms with E-state index in [-0.39, 0.29) is 31.0 Å². The lowest BCUT2D eigenvalue weighted by molar-refractivity contribution is -0.353. The molecule has 1 aliphatic carbocycles.